The summed E-state index contributed by atoms with van der Waals surface area (Å²) in [6.45, 7) is 0. The first kappa shape index (κ1) is 21.0. The van der Waals surface area contributed by atoms with Gasteiger partial charge in [0.1, 0.15) is 0 Å². The van der Waals surface area contributed by atoms with E-state index in [1.807, 2.05) is 0 Å². The highest BCUT2D eigenvalue weighted by Crippen LogP contribution is 2.61. The lowest BCUT2D eigenvalue weighted by Gasteiger charge is -2.15. The summed E-state index contributed by atoms with van der Waals surface area (Å²) in [4.78, 5) is 0. The van der Waals surface area contributed by atoms with E-state index in [2.05, 4.69) is 133 Å². The number of benzene rings is 6. The van der Waals surface area contributed by atoms with Crippen LogP contribution in [0, 0.1) is 0 Å². The zero-order chi connectivity index (χ0) is 25.5. The van der Waals surface area contributed by atoms with Crippen molar-refractivity contribution in [2.45, 2.75) is 6.42 Å². The molecule has 0 unspecified atom stereocenters. The van der Waals surface area contributed by atoms with E-state index < -0.39 is 0 Å². The second-order valence-corrected chi connectivity index (χ2v) is 10.8. The van der Waals surface area contributed by atoms with Crippen LogP contribution in [0.2, 0.25) is 0 Å². The minimum Gasteiger partial charge on any atom is -0.0622 e. The Morgan fingerprint density at radius 2 is 0.974 bits per heavy atom. The van der Waals surface area contributed by atoms with Crippen molar-refractivity contribution in [3.05, 3.63) is 172 Å². The molecular weight excluding hydrogens is 468 g/mol. The molecule has 0 aromatic heterocycles. The van der Waals surface area contributed by atoms with Gasteiger partial charge in [0, 0.05) is 0 Å². The van der Waals surface area contributed by atoms with E-state index in [4.69, 9.17) is 0 Å². The topological polar surface area (TPSA) is 0 Å². The summed E-state index contributed by atoms with van der Waals surface area (Å²) in [7, 11) is 0. The first-order valence-corrected chi connectivity index (χ1v) is 13.7. The monoisotopic (exact) mass is 492 g/mol. The molecule has 0 nitrogen and oxygen atoms in total. The van der Waals surface area contributed by atoms with Crippen molar-refractivity contribution in [2.24, 2.45) is 0 Å². The SMILES string of the molecule is C1=C(C2=C3C(=C(c4ccccc4)c4ccc5ccccc5c43)c3c2ccc2ccccc32)Cc2ccccc21. The lowest BCUT2D eigenvalue weighted by atomic mass is 9.88. The van der Waals surface area contributed by atoms with E-state index in [9.17, 15) is 0 Å². The van der Waals surface area contributed by atoms with Crippen LogP contribution in [-0.2, 0) is 6.42 Å². The number of hydrogen-bond acceptors (Lipinski definition) is 0. The lowest BCUT2D eigenvalue weighted by Crippen LogP contribution is -1.95. The maximum atomic E-state index is 2.44. The number of fused-ring (bicyclic) bond motifs is 10. The van der Waals surface area contributed by atoms with Gasteiger partial charge in [0.05, 0.1) is 0 Å². The Kier molecular flexibility index (Phi) is 4.20. The summed E-state index contributed by atoms with van der Waals surface area (Å²) in [6, 6.07) is 47.0. The van der Waals surface area contributed by atoms with E-state index in [0.29, 0.717) is 0 Å². The van der Waals surface area contributed by atoms with Crippen molar-refractivity contribution in [2.75, 3.05) is 0 Å². The van der Waals surface area contributed by atoms with Crippen molar-refractivity contribution in [1.82, 2.24) is 0 Å². The van der Waals surface area contributed by atoms with Crippen LogP contribution < -0.4 is 0 Å². The molecule has 3 aliphatic carbocycles. The zero-order valence-electron chi connectivity index (χ0n) is 21.4. The molecule has 0 saturated carbocycles. The molecular formula is C39H24. The molecule has 0 heterocycles. The van der Waals surface area contributed by atoms with Crippen molar-refractivity contribution in [3.63, 3.8) is 0 Å². The van der Waals surface area contributed by atoms with Crippen LogP contribution in [0.3, 0.4) is 0 Å². The third-order valence-corrected chi connectivity index (χ3v) is 8.80. The highest BCUT2D eigenvalue weighted by molar-refractivity contribution is 6.39. The summed E-state index contributed by atoms with van der Waals surface area (Å²) in [5.41, 5.74) is 16.5. The lowest BCUT2D eigenvalue weighted by molar-refractivity contribution is 1.25. The Labute approximate surface area is 227 Å². The van der Waals surface area contributed by atoms with Gasteiger partial charge in [0.15, 0.2) is 0 Å². The standard InChI is InChI=1S/C39H24/c1-2-12-26(13-3-1)34-32-20-18-24-10-6-8-16-30(24)36(32)39-35(29-22-27-14-4-5-15-28(27)23-29)33-21-19-25-11-7-9-17-31(25)37(33)38(34)39/h1-22H,23H2. The molecule has 6 aromatic carbocycles. The molecule has 6 aromatic rings. The Balaban J connectivity index is 1.48. The number of rotatable bonds is 2. The van der Waals surface area contributed by atoms with Crippen LogP contribution in [-0.4, -0.2) is 0 Å². The molecule has 0 N–H and O–H groups in total. The number of hydrogen-bond donors (Lipinski definition) is 0. The van der Waals surface area contributed by atoms with Gasteiger partial charge in [-0.25, -0.2) is 0 Å². The van der Waals surface area contributed by atoms with Crippen molar-refractivity contribution >= 4 is 49.9 Å². The van der Waals surface area contributed by atoms with Gasteiger partial charge < -0.3 is 0 Å². The van der Waals surface area contributed by atoms with E-state index in [0.717, 1.165) is 6.42 Å². The van der Waals surface area contributed by atoms with Gasteiger partial charge in [0.2, 0.25) is 0 Å². The highest BCUT2D eigenvalue weighted by atomic mass is 14.4. The molecule has 9 rings (SSSR count). The fourth-order valence-corrected chi connectivity index (χ4v) is 7.20. The normalized spacial score (nSPS) is 15.0. The molecule has 3 aliphatic rings. The van der Waals surface area contributed by atoms with Crippen LogP contribution in [0.4, 0.5) is 0 Å². The minimum atomic E-state index is 0.968. The third kappa shape index (κ3) is 2.84. The van der Waals surface area contributed by atoms with Crippen LogP contribution in [0.15, 0.2) is 133 Å². The van der Waals surface area contributed by atoms with Crippen LogP contribution >= 0.6 is 0 Å². The number of allylic oxidation sites excluding steroid dienone is 4. The molecule has 0 atom stereocenters. The molecule has 0 fully saturated rings. The van der Waals surface area contributed by atoms with Gasteiger partial charge in [-0.15, -0.1) is 0 Å². The predicted molar refractivity (Wildman–Crippen MR) is 165 cm³/mol. The maximum Gasteiger partial charge on any atom is -0.000128 e. The fourth-order valence-electron chi connectivity index (χ4n) is 7.20. The zero-order valence-corrected chi connectivity index (χ0v) is 21.4. The maximum absolute atomic E-state index is 2.44. The van der Waals surface area contributed by atoms with E-state index in [1.54, 1.807) is 0 Å². The smallest absolute Gasteiger partial charge is 0.000128 e. The molecule has 0 radical (unpaired) electrons. The van der Waals surface area contributed by atoms with Crippen molar-refractivity contribution in [3.8, 4) is 0 Å². The minimum absolute atomic E-state index is 0.968. The van der Waals surface area contributed by atoms with Gasteiger partial charge in [-0.3, -0.25) is 0 Å². The third-order valence-electron chi connectivity index (χ3n) is 8.80. The first-order chi connectivity index (χ1) is 19.4. The summed E-state index contributed by atoms with van der Waals surface area (Å²) in [5, 5.41) is 5.25. The Morgan fingerprint density at radius 1 is 0.410 bits per heavy atom. The highest BCUT2D eigenvalue weighted by Gasteiger charge is 2.40. The molecule has 180 valence electrons. The summed E-state index contributed by atoms with van der Waals surface area (Å²) in [6.07, 6.45) is 3.40. The van der Waals surface area contributed by atoms with Gasteiger partial charge in [-0.1, -0.05) is 133 Å². The molecule has 0 spiro atoms. The largest absolute Gasteiger partial charge is 0.0622 e. The van der Waals surface area contributed by atoms with Crippen LogP contribution in [0.1, 0.15) is 38.9 Å². The van der Waals surface area contributed by atoms with E-state index in [-0.39, 0.29) is 0 Å². The summed E-state index contributed by atoms with van der Waals surface area (Å²) < 4.78 is 0. The summed E-state index contributed by atoms with van der Waals surface area (Å²) in [5.74, 6) is 0. The first-order valence-electron chi connectivity index (χ1n) is 13.7. The molecule has 0 bridgehead atoms. The van der Waals surface area contributed by atoms with Gasteiger partial charge >= 0.3 is 0 Å². The molecule has 39 heavy (non-hydrogen) atoms. The van der Waals surface area contributed by atoms with Gasteiger partial charge in [-0.2, -0.15) is 0 Å². The van der Waals surface area contributed by atoms with Crippen molar-refractivity contribution in [1.29, 1.82) is 0 Å². The Bertz CT molecular complexity index is 2120. The second-order valence-electron chi connectivity index (χ2n) is 10.8. The molecule has 0 saturated heterocycles. The average Bonchev–Trinajstić information content (AvgIpc) is 3.67. The second kappa shape index (κ2) is 7.79. The van der Waals surface area contributed by atoms with Gasteiger partial charge in [-0.05, 0) is 94.8 Å². The van der Waals surface area contributed by atoms with Crippen LogP contribution in [0.5, 0.6) is 0 Å². The quantitative estimate of drug-likeness (QED) is 0.226. The van der Waals surface area contributed by atoms with Crippen molar-refractivity contribution < 1.29 is 0 Å². The Morgan fingerprint density at radius 3 is 1.67 bits per heavy atom. The fraction of sp³-hybridized carbons (Fsp3) is 0.0256. The Hall–Kier alpha value is -4.94. The predicted octanol–water partition coefficient (Wildman–Crippen LogP) is 9.83. The molecule has 0 heteroatoms. The summed E-state index contributed by atoms with van der Waals surface area (Å²) >= 11 is 0. The average molecular weight is 493 g/mol. The van der Waals surface area contributed by atoms with Crippen LogP contribution in [0.25, 0.3) is 49.9 Å². The molecule has 0 amide bonds. The van der Waals surface area contributed by atoms with E-state index in [1.165, 1.54) is 88.4 Å². The van der Waals surface area contributed by atoms with Gasteiger partial charge in [0.25, 0.3) is 0 Å². The van der Waals surface area contributed by atoms with E-state index >= 15 is 0 Å². The molecule has 0 aliphatic heterocycles.